The number of hydrogen-bond acceptors (Lipinski definition) is 4. The van der Waals surface area contributed by atoms with Crippen molar-refractivity contribution < 1.29 is 19.4 Å². The quantitative estimate of drug-likeness (QED) is 0.552. The summed E-state index contributed by atoms with van der Waals surface area (Å²) in [6.45, 7) is 3.84. The molecule has 146 valence electrons. The molecule has 2 amide bonds. The molecule has 1 saturated heterocycles. The second-order valence-corrected chi connectivity index (χ2v) is 6.78. The van der Waals surface area contributed by atoms with Gasteiger partial charge in [-0.05, 0) is 6.07 Å². The fraction of sp³-hybridized carbons (Fsp3) is 0.300. The fourth-order valence-electron chi connectivity index (χ4n) is 3.26. The first-order chi connectivity index (χ1) is 13.5. The second-order valence-electron chi connectivity index (χ2n) is 6.78. The Morgan fingerprint density at radius 3 is 2.46 bits per heavy atom. The molecular formula is C20H23N4O4+. The van der Waals surface area contributed by atoms with Gasteiger partial charge in [0.05, 0.1) is 37.6 Å². The average molecular weight is 383 g/mol. The summed E-state index contributed by atoms with van der Waals surface area (Å²) in [7, 11) is 0. The normalized spacial score (nSPS) is 14.5. The fourth-order valence-corrected chi connectivity index (χ4v) is 3.26. The molecule has 0 aromatic heterocycles. The number of carbonyl (C=O) groups excluding carboxylic acids is 2. The molecule has 2 aromatic carbocycles. The molecule has 0 saturated carbocycles. The molecule has 0 bridgehead atoms. The van der Waals surface area contributed by atoms with Gasteiger partial charge in [-0.3, -0.25) is 19.7 Å². The Hall–Kier alpha value is -3.26. The van der Waals surface area contributed by atoms with Crippen molar-refractivity contribution in [2.75, 3.05) is 32.7 Å². The zero-order valence-corrected chi connectivity index (χ0v) is 15.5. The molecule has 28 heavy (non-hydrogen) atoms. The summed E-state index contributed by atoms with van der Waals surface area (Å²) in [5.41, 5.74) is 1.29. The average Bonchev–Trinajstić information content (AvgIpc) is 2.73. The minimum absolute atomic E-state index is 0.116. The smallest absolute Gasteiger partial charge is 0.270 e. The van der Waals surface area contributed by atoms with Crippen LogP contribution in [0.5, 0.6) is 0 Å². The van der Waals surface area contributed by atoms with Crippen molar-refractivity contribution in [3.05, 3.63) is 75.8 Å². The number of nitro benzene ring substituents is 1. The summed E-state index contributed by atoms with van der Waals surface area (Å²) in [6.07, 6.45) is 0. The summed E-state index contributed by atoms with van der Waals surface area (Å²) in [5.74, 6) is -0.636. The van der Waals surface area contributed by atoms with Gasteiger partial charge in [-0.15, -0.1) is 0 Å². The first kappa shape index (κ1) is 19.5. The van der Waals surface area contributed by atoms with Crippen LogP contribution in [0.2, 0.25) is 0 Å². The summed E-state index contributed by atoms with van der Waals surface area (Å²) in [4.78, 5) is 37.9. The van der Waals surface area contributed by atoms with Gasteiger partial charge < -0.3 is 15.1 Å². The Balaban J connectivity index is 1.45. The predicted molar refractivity (Wildman–Crippen MR) is 103 cm³/mol. The lowest BCUT2D eigenvalue weighted by molar-refractivity contribution is -0.917. The number of non-ortho nitro benzene ring substituents is 1. The maximum atomic E-state index is 12.4. The first-order valence-corrected chi connectivity index (χ1v) is 9.21. The van der Waals surface area contributed by atoms with Gasteiger partial charge in [0.15, 0.2) is 0 Å². The van der Waals surface area contributed by atoms with Gasteiger partial charge >= 0.3 is 0 Å². The molecule has 1 aliphatic heterocycles. The summed E-state index contributed by atoms with van der Waals surface area (Å²) < 4.78 is 0. The topological polar surface area (TPSA) is 97.0 Å². The highest BCUT2D eigenvalue weighted by atomic mass is 16.6. The number of benzene rings is 2. The summed E-state index contributed by atoms with van der Waals surface area (Å²) in [6, 6.07) is 15.7. The number of amides is 2. The van der Waals surface area contributed by atoms with Crippen LogP contribution in [0.4, 0.5) is 5.69 Å². The minimum Gasteiger partial charge on any atom is -0.343 e. The monoisotopic (exact) mass is 383 g/mol. The maximum Gasteiger partial charge on any atom is 0.270 e. The maximum absolute atomic E-state index is 12.4. The van der Waals surface area contributed by atoms with E-state index in [0.717, 1.165) is 19.6 Å². The number of rotatable bonds is 6. The van der Waals surface area contributed by atoms with Crippen molar-refractivity contribution in [1.82, 2.24) is 10.2 Å². The van der Waals surface area contributed by atoms with Gasteiger partial charge in [0.1, 0.15) is 6.54 Å². The predicted octanol–water partition coefficient (Wildman–Crippen LogP) is 0.252. The Kier molecular flexibility index (Phi) is 6.33. The number of nitrogens with zero attached hydrogens (tertiary/aromatic N) is 2. The lowest BCUT2D eigenvalue weighted by atomic mass is 10.2. The van der Waals surface area contributed by atoms with Gasteiger partial charge in [0, 0.05) is 23.3 Å². The minimum atomic E-state index is -0.556. The Bertz CT molecular complexity index is 848. The Labute approximate surface area is 162 Å². The lowest BCUT2D eigenvalue weighted by Gasteiger charge is -2.32. The largest absolute Gasteiger partial charge is 0.343 e. The van der Waals surface area contributed by atoms with Crippen molar-refractivity contribution in [1.29, 1.82) is 0 Å². The molecule has 2 aromatic rings. The van der Waals surface area contributed by atoms with Crippen molar-refractivity contribution in [3.8, 4) is 0 Å². The standard InChI is InChI=1S/C20H22N4O4/c25-19(14-21-20(26)17-7-4-8-18(13-17)24(27)28)23-11-9-22(10-12-23)15-16-5-2-1-3-6-16/h1-8,13H,9-12,14-15H2,(H,21,26)/p+1. The van der Waals surface area contributed by atoms with Crippen LogP contribution >= 0.6 is 0 Å². The third-order valence-electron chi connectivity index (χ3n) is 4.84. The number of quaternary nitrogens is 1. The van der Waals surface area contributed by atoms with Gasteiger partial charge in [0.25, 0.3) is 11.6 Å². The highest BCUT2D eigenvalue weighted by Gasteiger charge is 2.24. The molecule has 0 radical (unpaired) electrons. The molecule has 8 nitrogen and oxygen atoms in total. The molecule has 0 atom stereocenters. The Morgan fingerprint density at radius 2 is 1.79 bits per heavy atom. The van der Waals surface area contributed by atoms with E-state index in [0.29, 0.717) is 13.1 Å². The molecule has 2 N–H and O–H groups in total. The van der Waals surface area contributed by atoms with Crippen molar-refractivity contribution >= 4 is 17.5 Å². The first-order valence-electron chi connectivity index (χ1n) is 9.21. The number of hydrogen-bond donors (Lipinski definition) is 2. The van der Waals surface area contributed by atoms with E-state index in [4.69, 9.17) is 0 Å². The van der Waals surface area contributed by atoms with Gasteiger partial charge in [-0.1, -0.05) is 36.4 Å². The van der Waals surface area contributed by atoms with Crippen LogP contribution in [-0.4, -0.2) is 54.4 Å². The van der Waals surface area contributed by atoms with Crippen LogP contribution in [0.1, 0.15) is 15.9 Å². The number of nitrogens with one attached hydrogen (secondary N) is 2. The molecule has 0 aliphatic carbocycles. The van der Waals surface area contributed by atoms with Crippen molar-refractivity contribution in [3.63, 3.8) is 0 Å². The van der Waals surface area contributed by atoms with E-state index >= 15 is 0 Å². The highest BCUT2D eigenvalue weighted by Crippen LogP contribution is 2.12. The Morgan fingerprint density at radius 1 is 1.07 bits per heavy atom. The zero-order chi connectivity index (χ0) is 19.9. The zero-order valence-electron chi connectivity index (χ0n) is 15.5. The van der Waals surface area contributed by atoms with Crippen LogP contribution < -0.4 is 10.2 Å². The van der Waals surface area contributed by atoms with Crippen LogP contribution in [-0.2, 0) is 11.3 Å². The van der Waals surface area contributed by atoms with Crippen LogP contribution in [0.15, 0.2) is 54.6 Å². The van der Waals surface area contributed by atoms with E-state index in [1.165, 1.54) is 34.7 Å². The number of piperazine rings is 1. The van der Waals surface area contributed by atoms with E-state index in [9.17, 15) is 19.7 Å². The van der Waals surface area contributed by atoms with Crippen LogP contribution in [0.25, 0.3) is 0 Å². The lowest BCUT2D eigenvalue weighted by Crippen LogP contribution is -3.13. The molecule has 0 spiro atoms. The van der Waals surface area contributed by atoms with E-state index in [2.05, 4.69) is 17.4 Å². The third-order valence-corrected chi connectivity index (χ3v) is 4.84. The third kappa shape index (κ3) is 5.14. The van der Waals surface area contributed by atoms with E-state index in [1.54, 1.807) is 4.90 Å². The van der Waals surface area contributed by atoms with E-state index < -0.39 is 10.8 Å². The molecule has 1 fully saturated rings. The van der Waals surface area contributed by atoms with Crippen molar-refractivity contribution in [2.24, 2.45) is 0 Å². The highest BCUT2D eigenvalue weighted by molar-refractivity contribution is 5.96. The van der Waals surface area contributed by atoms with Crippen LogP contribution in [0, 0.1) is 10.1 Å². The summed E-state index contributed by atoms with van der Waals surface area (Å²) in [5, 5.41) is 13.4. The molecule has 8 heteroatoms. The number of carbonyl (C=O) groups is 2. The molecular weight excluding hydrogens is 360 g/mol. The van der Waals surface area contributed by atoms with E-state index in [1.807, 2.05) is 18.2 Å². The molecule has 3 rings (SSSR count). The SMILES string of the molecule is O=C(NCC(=O)N1CC[NH+](Cc2ccccc2)CC1)c1cccc([N+](=O)[O-])c1. The molecule has 0 unspecified atom stereocenters. The van der Waals surface area contributed by atoms with Gasteiger partial charge in [0.2, 0.25) is 5.91 Å². The second kappa shape index (κ2) is 9.09. The van der Waals surface area contributed by atoms with Crippen molar-refractivity contribution in [2.45, 2.75) is 6.54 Å². The summed E-state index contributed by atoms with van der Waals surface area (Å²) >= 11 is 0. The van der Waals surface area contributed by atoms with Crippen LogP contribution in [0.3, 0.4) is 0 Å². The number of nitro groups is 1. The molecule has 1 heterocycles. The van der Waals surface area contributed by atoms with Gasteiger partial charge in [-0.2, -0.15) is 0 Å². The van der Waals surface area contributed by atoms with E-state index in [-0.39, 0.29) is 23.7 Å². The molecule has 1 aliphatic rings. The van der Waals surface area contributed by atoms with Gasteiger partial charge in [-0.25, -0.2) is 0 Å².